The van der Waals surface area contributed by atoms with Crippen LogP contribution in [-0.4, -0.2) is 17.1 Å². The van der Waals surface area contributed by atoms with E-state index in [0.29, 0.717) is 5.56 Å². The second kappa shape index (κ2) is 4.79. The van der Waals surface area contributed by atoms with Crippen LogP contribution in [0.4, 0.5) is 8.78 Å². The molecule has 0 saturated heterocycles. The Kier molecular flexibility index (Phi) is 3.83. The van der Waals surface area contributed by atoms with Crippen LogP contribution < -0.4 is 5.73 Å². The first-order valence-electron chi connectivity index (χ1n) is 5.20. The number of nitrogens with two attached hydrogens (primary N) is 1. The predicted octanol–water partition coefficient (Wildman–Crippen LogP) is 2.04. The van der Waals surface area contributed by atoms with E-state index in [-0.39, 0.29) is 6.42 Å². The molecule has 0 heterocycles. The van der Waals surface area contributed by atoms with Gasteiger partial charge in [0.1, 0.15) is 0 Å². The monoisotopic (exact) mass is 243 g/mol. The Balaban J connectivity index is 3.22. The number of carbonyl (C=O) groups is 1. The van der Waals surface area contributed by atoms with Gasteiger partial charge < -0.3 is 10.8 Å². The first-order chi connectivity index (χ1) is 7.77. The molecule has 0 spiro atoms. The Hall–Kier alpha value is -1.49. The molecule has 3 N–H and O–H groups in total. The zero-order valence-corrected chi connectivity index (χ0v) is 9.71. The maximum Gasteiger partial charge on any atom is 0.304 e. The van der Waals surface area contributed by atoms with Crippen LogP contribution >= 0.6 is 0 Å². The number of carboxylic acid groups (broad SMARTS) is 1. The summed E-state index contributed by atoms with van der Waals surface area (Å²) >= 11 is 0. The molecular formula is C12H15F2NO2. The molecule has 0 aliphatic carbocycles. The Morgan fingerprint density at radius 3 is 2.47 bits per heavy atom. The number of hydrogen-bond acceptors (Lipinski definition) is 2. The molecule has 94 valence electrons. The topological polar surface area (TPSA) is 63.3 Å². The molecule has 0 aliphatic rings. The molecule has 2 atom stereocenters. The van der Waals surface area contributed by atoms with Crippen LogP contribution in [0.5, 0.6) is 0 Å². The van der Waals surface area contributed by atoms with E-state index in [1.807, 2.05) is 0 Å². The van der Waals surface area contributed by atoms with Gasteiger partial charge in [-0.05, 0) is 24.6 Å². The normalized spacial score (nSPS) is 16.3. The highest BCUT2D eigenvalue weighted by molar-refractivity contribution is 5.69. The van der Waals surface area contributed by atoms with E-state index in [2.05, 4.69) is 0 Å². The van der Waals surface area contributed by atoms with Gasteiger partial charge in [0.25, 0.3) is 0 Å². The van der Waals surface area contributed by atoms with Gasteiger partial charge in [-0.15, -0.1) is 0 Å². The smallest absolute Gasteiger partial charge is 0.304 e. The van der Waals surface area contributed by atoms with Gasteiger partial charge in [0.2, 0.25) is 0 Å². The first kappa shape index (κ1) is 13.6. The van der Waals surface area contributed by atoms with Crippen LogP contribution in [0, 0.1) is 11.6 Å². The van der Waals surface area contributed by atoms with Crippen LogP contribution in [0.15, 0.2) is 18.2 Å². The summed E-state index contributed by atoms with van der Waals surface area (Å²) in [6.07, 6.45) is -0.240. The zero-order chi connectivity index (χ0) is 13.2. The molecule has 1 aromatic rings. The summed E-state index contributed by atoms with van der Waals surface area (Å²) in [7, 11) is 0. The third-order valence-corrected chi connectivity index (χ3v) is 3.10. The van der Waals surface area contributed by atoms with Crippen molar-refractivity contribution in [2.45, 2.75) is 31.7 Å². The van der Waals surface area contributed by atoms with E-state index >= 15 is 0 Å². The lowest BCUT2D eigenvalue weighted by Crippen LogP contribution is -2.42. The molecular weight excluding hydrogens is 228 g/mol. The van der Waals surface area contributed by atoms with E-state index in [1.54, 1.807) is 13.8 Å². The van der Waals surface area contributed by atoms with Crippen molar-refractivity contribution in [3.05, 3.63) is 35.4 Å². The molecule has 0 aliphatic heterocycles. The molecule has 0 fully saturated rings. The predicted molar refractivity (Wildman–Crippen MR) is 59.6 cm³/mol. The van der Waals surface area contributed by atoms with Crippen LogP contribution in [0.1, 0.15) is 25.8 Å². The van der Waals surface area contributed by atoms with Crippen molar-refractivity contribution in [2.24, 2.45) is 5.73 Å². The van der Waals surface area contributed by atoms with Crippen molar-refractivity contribution >= 4 is 5.97 Å². The van der Waals surface area contributed by atoms with Crippen molar-refractivity contribution in [2.75, 3.05) is 0 Å². The SMILES string of the molecule is CC(N)C(C)(CC(=O)O)c1ccc(F)c(F)c1. The second-order valence-corrected chi connectivity index (χ2v) is 4.41. The number of halogens is 2. The van der Waals surface area contributed by atoms with Crippen molar-refractivity contribution in [3.63, 3.8) is 0 Å². The van der Waals surface area contributed by atoms with Gasteiger partial charge in [-0.1, -0.05) is 13.0 Å². The molecule has 1 aromatic carbocycles. The van der Waals surface area contributed by atoms with E-state index in [0.717, 1.165) is 12.1 Å². The summed E-state index contributed by atoms with van der Waals surface area (Å²) in [4.78, 5) is 10.8. The molecule has 1 rings (SSSR count). The molecule has 2 unspecified atom stereocenters. The third kappa shape index (κ3) is 2.79. The van der Waals surface area contributed by atoms with E-state index in [4.69, 9.17) is 10.8 Å². The van der Waals surface area contributed by atoms with Crippen molar-refractivity contribution < 1.29 is 18.7 Å². The van der Waals surface area contributed by atoms with Crippen LogP contribution in [0.3, 0.4) is 0 Å². The second-order valence-electron chi connectivity index (χ2n) is 4.41. The Morgan fingerprint density at radius 2 is 2.06 bits per heavy atom. The van der Waals surface area contributed by atoms with Crippen molar-refractivity contribution in [1.29, 1.82) is 0 Å². The summed E-state index contributed by atoms with van der Waals surface area (Å²) < 4.78 is 26.0. The number of aliphatic carboxylic acids is 1. The average Bonchev–Trinajstić information content (AvgIpc) is 2.20. The van der Waals surface area contributed by atoms with E-state index in [1.165, 1.54) is 6.07 Å². The van der Waals surface area contributed by atoms with E-state index < -0.39 is 29.1 Å². The summed E-state index contributed by atoms with van der Waals surface area (Å²) in [5, 5.41) is 8.86. The standard InChI is InChI=1S/C12H15F2NO2/c1-7(15)12(2,6-11(16)17)8-3-4-9(13)10(14)5-8/h3-5,7H,6,15H2,1-2H3,(H,16,17). The van der Waals surface area contributed by atoms with E-state index in [9.17, 15) is 13.6 Å². The minimum absolute atomic E-state index is 0.240. The fourth-order valence-corrected chi connectivity index (χ4v) is 1.69. The lowest BCUT2D eigenvalue weighted by molar-refractivity contribution is -0.138. The fourth-order valence-electron chi connectivity index (χ4n) is 1.69. The van der Waals surface area contributed by atoms with Gasteiger partial charge in [0.05, 0.1) is 6.42 Å². The maximum atomic E-state index is 13.1. The van der Waals surface area contributed by atoms with Crippen LogP contribution in [0.2, 0.25) is 0 Å². The number of hydrogen-bond donors (Lipinski definition) is 2. The zero-order valence-electron chi connectivity index (χ0n) is 9.71. The van der Waals surface area contributed by atoms with Gasteiger partial charge >= 0.3 is 5.97 Å². The summed E-state index contributed by atoms with van der Waals surface area (Å²) in [5.41, 5.74) is 5.21. The molecule has 0 bridgehead atoms. The summed E-state index contributed by atoms with van der Waals surface area (Å²) in [6.45, 7) is 3.27. The minimum Gasteiger partial charge on any atom is -0.481 e. The Bertz CT molecular complexity index is 435. The van der Waals surface area contributed by atoms with Gasteiger partial charge in [0, 0.05) is 11.5 Å². The summed E-state index contributed by atoms with van der Waals surface area (Å²) in [6, 6.07) is 2.85. The van der Waals surface area contributed by atoms with Gasteiger partial charge in [-0.3, -0.25) is 4.79 Å². The lowest BCUT2D eigenvalue weighted by Gasteiger charge is -2.32. The first-order valence-corrected chi connectivity index (χ1v) is 5.20. The number of rotatable bonds is 4. The minimum atomic E-state index is -1.03. The van der Waals surface area contributed by atoms with Crippen molar-refractivity contribution in [1.82, 2.24) is 0 Å². The number of benzene rings is 1. The summed E-state index contributed by atoms with van der Waals surface area (Å²) in [5.74, 6) is -3.00. The molecule has 0 amide bonds. The van der Waals surface area contributed by atoms with Crippen LogP contribution in [-0.2, 0) is 10.2 Å². The van der Waals surface area contributed by atoms with Gasteiger partial charge in [-0.25, -0.2) is 8.78 Å². The molecule has 0 radical (unpaired) electrons. The van der Waals surface area contributed by atoms with Crippen LogP contribution in [0.25, 0.3) is 0 Å². The van der Waals surface area contributed by atoms with Gasteiger partial charge in [0.15, 0.2) is 11.6 Å². The van der Waals surface area contributed by atoms with Gasteiger partial charge in [-0.2, -0.15) is 0 Å². The molecule has 3 nitrogen and oxygen atoms in total. The van der Waals surface area contributed by atoms with Crippen molar-refractivity contribution in [3.8, 4) is 0 Å². The Labute approximate surface area is 98.2 Å². The third-order valence-electron chi connectivity index (χ3n) is 3.10. The number of carboxylic acids is 1. The highest BCUT2D eigenvalue weighted by Gasteiger charge is 2.34. The molecule has 17 heavy (non-hydrogen) atoms. The average molecular weight is 243 g/mol. The Morgan fingerprint density at radius 1 is 1.47 bits per heavy atom. The molecule has 5 heteroatoms. The molecule has 0 saturated carbocycles. The lowest BCUT2D eigenvalue weighted by atomic mass is 9.74. The quantitative estimate of drug-likeness (QED) is 0.850. The largest absolute Gasteiger partial charge is 0.481 e. The maximum absolute atomic E-state index is 13.1. The highest BCUT2D eigenvalue weighted by Crippen LogP contribution is 2.31. The molecule has 0 aromatic heterocycles. The fraction of sp³-hybridized carbons (Fsp3) is 0.417. The highest BCUT2D eigenvalue weighted by atomic mass is 19.2.